The third kappa shape index (κ3) is 3.39. The molecule has 9 nitrogen and oxygen atoms in total. The highest BCUT2D eigenvalue weighted by Gasteiger charge is 2.61. The van der Waals surface area contributed by atoms with Crippen LogP contribution in [0, 0.1) is 16.0 Å². The smallest absolute Gasteiger partial charge is 0.354 e. The molecule has 1 saturated heterocycles. The second-order valence-corrected chi connectivity index (χ2v) is 8.38. The Labute approximate surface area is 184 Å². The predicted molar refractivity (Wildman–Crippen MR) is 115 cm³/mol. The van der Waals surface area contributed by atoms with Crippen molar-refractivity contribution in [2.75, 3.05) is 11.4 Å². The van der Waals surface area contributed by atoms with Crippen LogP contribution in [0.1, 0.15) is 42.6 Å². The fraction of sp³-hybridized carbons (Fsp3) is 0.348. The van der Waals surface area contributed by atoms with Crippen molar-refractivity contribution in [2.24, 2.45) is 5.92 Å². The lowest BCUT2D eigenvalue weighted by Gasteiger charge is -2.48. The van der Waals surface area contributed by atoms with Crippen LogP contribution in [-0.4, -0.2) is 39.8 Å². The van der Waals surface area contributed by atoms with Gasteiger partial charge in [0.2, 0.25) is 11.6 Å². The molecule has 32 heavy (non-hydrogen) atoms. The molecule has 4 rings (SSSR count). The number of rotatable bonds is 6. The average Bonchev–Trinajstić information content (AvgIpc) is 3.13. The second-order valence-electron chi connectivity index (χ2n) is 8.38. The number of hydrogen-bond acceptors (Lipinski definition) is 6. The Morgan fingerprint density at radius 1 is 1.19 bits per heavy atom. The summed E-state index contributed by atoms with van der Waals surface area (Å²) in [4.78, 5) is 53.2. The molecule has 166 valence electrons. The lowest BCUT2D eigenvalue weighted by molar-refractivity contribution is -0.384. The van der Waals surface area contributed by atoms with E-state index in [1.165, 1.54) is 28.0 Å². The van der Waals surface area contributed by atoms with Crippen molar-refractivity contribution in [3.8, 4) is 0 Å². The fourth-order valence-corrected chi connectivity index (χ4v) is 4.39. The van der Waals surface area contributed by atoms with Crippen molar-refractivity contribution < 1.29 is 24.0 Å². The second kappa shape index (κ2) is 8.07. The summed E-state index contributed by atoms with van der Waals surface area (Å²) in [6.45, 7) is 3.91. The highest BCUT2D eigenvalue weighted by Crippen LogP contribution is 2.45. The molecular formula is C23H23N3O6. The highest BCUT2D eigenvalue weighted by atomic mass is 16.6. The quantitative estimate of drug-likeness (QED) is 0.390. The van der Waals surface area contributed by atoms with E-state index >= 15 is 0 Å². The number of benzene rings is 2. The van der Waals surface area contributed by atoms with E-state index < -0.39 is 16.6 Å². The minimum Gasteiger partial charge on any atom is -0.458 e. The molecule has 2 aromatic carbocycles. The molecule has 0 aliphatic carbocycles. The lowest BCUT2D eigenvalue weighted by atomic mass is 9.95. The Balaban J connectivity index is 1.72. The molecule has 2 aromatic rings. The Hall–Kier alpha value is -3.75. The van der Waals surface area contributed by atoms with Crippen LogP contribution >= 0.6 is 0 Å². The number of fused-ring (bicyclic) bond motifs is 3. The number of para-hydroxylation sites is 1. The van der Waals surface area contributed by atoms with Crippen LogP contribution in [0.4, 0.5) is 11.4 Å². The molecule has 2 aliphatic rings. The number of hydrogen-bond donors (Lipinski definition) is 0. The van der Waals surface area contributed by atoms with Crippen LogP contribution in [0.25, 0.3) is 0 Å². The van der Waals surface area contributed by atoms with Gasteiger partial charge in [-0.3, -0.25) is 24.6 Å². The maximum Gasteiger partial charge on any atom is 0.354 e. The molecule has 2 amide bonds. The van der Waals surface area contributed by atoms with Gasteiger partial charge >= 0.3 is 5.97 Å². The third-order valence-corrected chi connectivity index (χ3v) is 5.74. The molecule has 0 bridgehead atoms. The number of carbonyl (C=O) groups excluding carboxylic acids is 3. The monoisotopic (exact) mass is 437 g/mol. The van der Waals surface area contributed by atoms with Gasteiger partial charge in [-0.2, -0.15) is 0 Å². The molecule has 0 aromatic heterocycles. The largest absolute Gasteiger partial charge is 0.458 e. The topological polar surface area (TPSA) is 110 Å². The Morgan fingerprint density at radius 2 is 1.94 bits per heavy atom. The normalized spacial score (nSPS) is 19.7. The van der Waals surface area contributed by atoms with Gasteiger partial charge in [-0.15, -0.1) is 0 Å². The summed E-state index contributed by atoms with van der Waals surface area (Å²) in [5, 5.41) is 11.0. The van der Waals surface area contributed by atoms with Crippen LogP contribution < -0.4 is 4.90 Å². The number of nitro benzene ring substituents is 1. The molecule has 0 N–H and O–H groups in total. The van der Waals surface area contributed by atoms with Crippen LogP contribution in [0.5, 0.6) is 0 Å². The molecule has 0 unspecified atom stereocenters. The average molecular weight is 437 g/mol. The van der Waals surface area contributed by atoms with Crippen LogP contribution in [0.3, 0.4) is 0 Å². The summed E-state index contributed by atoms with van der Waals surface area (Å²) in [6.07, 6.45) is 0.217. The molecule has 0 radical (unpaired) electrons. The van der Waals surface area contributed by atoms with Gasteiger partial charge in [0.05, 0.1) is 16.2 Å². The maximum absolute atomic E-state index is 13.5. The van der Waals surface area contributed by atoms with Gasteiger partial charge in [0.25, 0.3) is 11.6 Å². The van der Waals surface area contributed by atoms with Crippen molar-refractivity contribution in [2.45, 2.75) is 39.0 Å². The first-order valence-corrected chi connectivity index (χ1v) is 10.4. The number of non-ortho nitro benzene ring substituents is 1. The molecule has 9 heteroatoms. The SMILES string of the molecule is CC(C)CN1C(=O)c2ccccc2N2C(=O)CC[C@]12C(=O)OCc1cccc([N+](=O)[O-])c1. The maximum atomic E-state index is 13.5. The van der Waals surface area contributed by atoms with Gasteiger partial charge in [-0.05, 0) is 23.6 Å². The zero-order valence-corrected chi connectivity index (χ0v) is 17.8. The summed E-state index contributed by atoms with van der Waals surface area (Å²) in [6, 6.07) is 12.5. The van der Waals surface area contributed by atoms with E-state index in [0.717, 1.165) is 0 Å². The number of amides is 2. The van der Waals surface area contributed by atoms with Gasteiger partial charge in [0, 0.05) is 31.5 Å². The van der Waals surface area contributed by atoms with E-state index in [9.17, 15) is 24.5 Å². The van der Waals surface area contributed by atoms with E-state index in [2.05, 4.69) is 0 Å². The fourth-order valence-electron chi connectivity index (χ4n) is 4.39. The molecule has 0 spiro atoms. The standard InChI is InChI=1S/C23H23N3O6/c1-15(2)13-24-21(28)18-8-3-4-9-19(18)25-20(27)10-11-23(24,25)22(29)32-14-16-6-5-7-17(12-16)26(30)31/h3-9,12,15H,10-11,13-14H2,1-2H3/t23-/m0/s1. The van der Waals surface area contributed by atoms with Gasteiger partial charge in [0.15, 0.2) is 0 Å². The minimum absolute atomic E-state index is 0.0446. The summed E-state index contributed by atoms with van der Waals surface area (Å²) in [7, 11) is 0. The molecule has 2 aliphatic heterocycles. The number of esters is 1. The minimum atomic E-state index is -1.58. The number of nitro groups is 1. The van der Waals surface area contributed by atoms with Gasteiger partial charge in [-0.1, -0.05) is 38.1 Å². The summed E-state index contributed by atoms with van der Waals surface area (Å²) in [5.41, 5.74) is -0.485. The van der Waals surface area contributed by atoms with Crippen molar-refractivity contribution in [1.82, 2.24) is 4.90 Å². The molecule has 1 fully saturated rings. The zero-order valence-electron chi connectivity index (χ0n) is 17.8. The third-order valence-electron chi connectivity index (χ3n) is 5.74. The van der Waals surface area contributed by atoms with Gasteiger partial charge < -0.3 is 9.64 Å². The summed E-state index contributed by atoms with van der Waals surface area (Å²) >= 11 is 0. The van der Waals surface area contributed by atoms with Crippen molar-refractivity contribution in [3.63, 3.8) is 0 Å². The van der Waals surface area contributed by atoms with Gasteiger partial charge in [-0.25, -0.2) is 4.79 Å². The first kappa shape index (κ1) is 21.5. The number of anilines is 1. The van der Waals surface area contributed by atoms with Crippen LogP contribution in [0.2, 0.25) is 0 Å². The van der Waals surface area contributed by atoms with E-state index in [4.69, 9.17) is 4.74 Å². The number of ether oxygens (including phenoxy) is 1. The highest BCUT2D eigenvalue weighted by molar-refractivity contribution is 6.15. The number of nitrogens with zero attached hydrogens (tertiary/aromatic N) is 3. The summed E-state index contributed by atoms with van der Waals surface area (Å²) < 4.78 is 5.58. The van der Waals surface area contributed by atoms with Crippen LogP contribution in [0.15, 0.2) is 48.5 Å². The predicted octanol–water partition coefficient (Wildman–Crippen LogP) is 3.27. The Bertz CT molecular complexity index is 1110. The van der Waals surface area contributed by atoms with E-state index in [1.54, 1.807) is 30.3 Å². The van der Waals surface area contributed by atoms with Gasteiger partial charge in [0.1, 0.15) is 6.61 Å². The molecule has 1 atom stereocenters. The summed E-state index contributed by atoms with van der Waals surface area (Å²) in [5.74, 6) is -1.26. The van der Waals surface area contributed by atoms with E-state index in [1.807, 2.05) is 13.8 Å². The van der Waals surface area contributed by atoms with Crippen molar-refractivity contribution >= 4 is 29.2 Å². The van der Waals surface area contributed by atoms with Crippen molar-refractivity contribution in [1.29, 1.82) is 0 Å². The van der Waals surface area contributed by atoms with E-state index in [-0.39, 0.29) is 49.4 Å². The van der Waals surface area contributed by atoms with Crippen LogP contribution in [-0.2, 0) is 20.9 Å². The molecular weight excluding hydrogens is 414 g/mol. The van der Waals surface area contributed by atoms with Crippen molar-refractivity contribution in [3.05, 3.63) is 69.8 Å². The van der Waals surface area contributed by atoms with E-state index in [0.29, 0.717) is 16.8 Å². The Morgan fingerprint density at radius 3 is 2.66 bits per heavy atom. The lowest BCUT2D eigenvalue weighted by Crippen LogP contribution is -2.69. The zero-order chi connectivity index (χ0) is 23.0. The molecule has 0 saturated carbocycles. The first-order valence-electron chi connectivity index (χ1n) is 10.4. The Kier molecular flexibility index (Phi) is 5.41. The first-order chi connectivity index (χ1) is 15.3. The molecule has 2 heterocycles. The number of carbonyl (C=O) groups is 3.